The molecule has 0 saturated carbocycles. The van der Waals surface area contributed by atoms with Crippen LogP contribution in [0.1, 0.15) is 20.3 Å². The van der Waals surface area contributed by atoms with E-state index in [-0.39, 0.29) is 11.6 Å². The highest BCUT2D eigenvalue weighted by atomic mass is 32.2. The van der Waals surface area contributed by atoms with Gasteiger partial charge in [0.05, 0.1) is 0 Å². The Morgan fingerprint density at radius 3 is 2.93 bits per heavy atom. The maximum Gasteiger partial charge on any atom is 0.346 e. The lowest BCUT2D eigenvalue weighted by molar-refractivity contribution is 0.170. The predicted molar refractivity (Wildman–Crippen MR) is 63.2 cm³/mol. The van der Waals surface area contributed by atoms with Gasteiger partial charge in [-0.2, -0.15) is 16.8 Å². The number of nitrogens with two attached hydrogens (primary N) is 1. The van der Waals surface area contributed by atoms with E-state index in [0.29, 0.717) is 11.8 Å². The van der Waals surface area contributed by atoms with Crippen molar-refractivity contribution in [3.63, 3.8) is 0 Å². The van der Waals surface area contributed by atoms with E-state index >= 15 is 0 Å². The summed E-state index contributed by atoms with van der Waals surface area (Å²) in [7, 11) is 0. The van der Waals surface area contributed by atoms with Crippen molar-refractivity contribution in [1.82, 2.24) is 4.90 Å². The molecule has 1 saturated heterocycles. The zero-order valence-electron chi connectivity index (χ0n) is 9.19. The van der Waals surface area contributed by atoms with E-state index in [1.54, 1.807) is 0 Å². The van der Waals surface area contributed by atoms with Gasteiger partial charge in [0.1, 0.15) is 11.4 Å². The summed E-state index contributed by atoms with van der Waals surface area (Å²) in [6, 6.07) is -0.149. The largest absolute Gasteiger partial charge is 0.385 e. The summed E-state index contributed by atoms with van der Waals surface area (Å²) in [5.74, 6) is 2.95. The zero-order chi connectivity index (χ0) is 11.1. The van der Waals surface area contributed by atoms with Gasteiger partial charge in [0.2, 0.25) is 0 Å². The van der Waals surface area contributed by atoms with Crippen LogP contribution in [0.5, 0.6) is 0 Å². The smallest absolute Gasteiger partial charge is 0.346 e. The average Bonchev–Trinajstić information content (AvgIpc) is 2.69. The Balaban J connectivity index is 2.25. The second-order valence-electron chi connectivity index (χ2n) is 4.62. The summed E-state index contributed by atoms with van der Waals surface area (Å²) in [4.78, 5) is 17.5. The van der Waals surface area contributed by atoms with Crippen LogP contribution in [-0.4, -0.2) is 40.4 Å². The maximum absolute atomic E-state index is 11.7. The Kier molecular flexibility index (Phi) is 2.66. The van der Waals surface area contributed by atoms with Gasteiger partial charge < -0.3 is 10.6 Å². The Morgan fingerprint density at radius 1 is 1.67 bits per heavy atom. The molecule has 2 N–H and O–H groups in total. The topological polar surface area (TPSA) is 58.7 Å². The second kappa shape index (κ2) is 3.70. The van der Waals surface area contributed by atoms with Crippen molar-refractivity contribution in [2.75, 3.05) is 18.1 Å². The number of carbonyl (C=O) groups excluding carboxylic acids is 1. The molecule has 1 spiro atoms. The first-order valence-electron chi connectivity index (χ1n) is 5.30. The van der Waals surface area contributed by atoms with E-state index in [9.17, 15) is 4.79 Å². The summed E-state index contributed by atoms with van der Waals surface area (Å²) in [5, 5.41) is 0. The van der Waals surface area contributed by atoms with Crippen molar-refractivity contribution < 1.29 is 4.79 Å². The Labute approximate surface area is 94.3 Å². The summed E-state index contributed by atoms with van der Waals surface area (Å²) in [6.45, 7) is 4.97. The van der Waals surface area contributed by atoms with Crippen LogP contribution in [0, 0.1) is 5.92 Å². The molecule has 15 heavy (non-hydrogen) atoms. The molecule has 4 nitrogen and oxygen atoms in total. The maximum atomic E-state index is 11.7. The lowest BCUT2D eigenvalue weighted by atomic mass is 9.95. The number of thioether (sulfide) groups is 1. The molecule has 84 valence electrons. The average molecular weight is 227 g/mol. The number of hydrogen-bond acceptors (Lipinski definition) is 3. The number of urea groups is 1. The lowest BCUT2D eigenvalue weighted by Gasteiger charge is -2.34. The zero-order valence-corrected chi connectivity index (χ0v) is 10.0. The molecular weight excluding hydrogens is 210 g/mol. The summed E-state index contributed by atoms with van der Waals surface area (Å²) in [5.41, 5.74) is 5.65. The highest BCUT2D eigenvalue weighted by Crippen LogP contribution is 2.37. The van der Waals surface area contributed by atoms with E-state index in [2.05, 4.69) is 18.8 Å². The molecule has 2 aliphatic heterocycles. The molecule has 0 aliphatic carbocycles. The van der Waals surface area contributed by atoms with Crippen LogP contribution in [0.4, 0.5) is 4.79 Å². The number of nitrogens with zero attached hydrogens (tertiary/aromatic N) is 2. The molecule has 0 aromatic rings. The first-order chi connectivity index (χ1) is 7.06. The molecule has 0 aromatic carbocycles. The predicted octanol–water partition coefficient (Wildman–Crippen LogP) is 1.31. The van der Waals surface area contributed by atoms with Gasteiger partial charge in [-0.15, -0.1) is 0 Å². The molecule has 0 bridgehead atoms. The third-order valence-electron chi connectivity index (χ3n) is 2.99. The van der Waals surface area contributed by atoms with Crippen LogP contribution in [-0.2, 0) is 0 Å². The third kappa shape index (κ3) is 1.62. The minimum Gasteiger partial charge on any atom is -0.385 e. The van der Waals surface area contributed by atoms with Gasteiger partial charge in [0.25, 0.3) is 0 Å². The SMILES string of the molecule is CC(C)CN1C(=O)N=C(N)C12CCSC2. The molecule has 0 radical (unpaired) electrons. The van der Waals surface area contributed by atoms with Crippen molar-refractivity contribution in [2.45, 2.75) is 25.8 Å². The number of carbonyl (C=O) groups is 1. The molecule has 2 heterocycles. The molecule has 1 atom stereocenters. The summed E-state index contributed by atoms with van der Waals surface area (Å²) < 4.78 is 0. The summed E-state index contributed by atoms with van der Waals surface area (Å²) >= 11 is 1.85. The van der Waals surface area contributed by atoms with Crippen LogP contribution in [0.2, 0.25) is 0 Å². The molecule has 2 amide bonds. The van der Waals surface area contributed by atoms with Crippen LogP contribution in [0.25, 0.3) is 0 Å². The van der Waals surface area contributed by atoms with Crippen molar-refractivity contribution in [2.24, 2.45) is 16.6 Å². The Bertz CT molecular complexity index is 308. The molecule has 2 aliphatic rings. The molecular formula is C10H17N3OS. The standard InChI is InChI=1S/C10H17N3OS/c1-7(2)5-13-9(14)12-8(11)10(13)3-4-15-6-10/h7H,3-6H2,1-2H3,(H2,11,12,14). The molecule has 1 unspecified atom stereocenters. The van der Waals surface area contributed by atoms with Crippen molar-refractivity contribution in [3.05, 3.63) is 0 Å². The van der Waals surface area contributed by atoms with Gasteiger partial charge in [-0.3, -0.25) is 0 Å². The van der Waals surface area contributed by atoms with E-state index in [1.165, 1.54) is 0 Å². The normalized spacial score (nSPS) is 30.7. The van der Waals surface area contributed by atoms with Gasteiger partial charge in [0.15, 0.2) is 0 Å². The first-order valence-corrected chi connectivity index (χ1v) is 6.46. The highest BCUT2D eigenvalue weighted by molar-refractivity contribution is 7.99. The Morgan fingerprint density at radius 2 is 2.40 bits per heavy atom. The van der Waals surface area contributed by atoms with Gasteiger partial charge >= 0.3 is 6.03 Å². The number of hydrogen-bond donors (Lipinski definition) is 1. The number of amides is 2. The fraction of sp³-hybridized carbons (Fsp3) is 0.800. The van der Waals surface area contributed by atoms with Gasteiger partial charge in [-0.25, -0.2) is 4.79 Å². The minimum absolute atomic E-state index is 0.149. The van der Waals surface area contributed by atoms with E-state index < -0.39 is 0 Å². The fourth-order valence-electron chi connectivity index (χ4n) is 2.18. The first kappa shape index (κ1) is 10.8. The monoisotopic (exact) mass is 227 g/mol. The van der Waals surface area contributed by atoms with E-state index in [0.717, 1.165) is 24.5 Å². The molecule has 5 heteroatoms. The van der Waals surface area contributed by atoms with Crippen molar-refractivity contribution in [3.8, 4) is 0 Å². The van der Waals surface area contributed by atoms with Crippen LogP contribution < -0.4 is 5.73 Å². The van der Waals surface area contributed by atoms with Crippen LogP contribution in [0.3, 0.4) is 0 Å². The van der Waals surface area contributed by atoms with Gasteiger partial charge in [0, 0.05) is 12.3 Å². The Hall–Kier alpha value is -0.710. The molecule has 2 rings (SSSR count). The van der Waals surface area contributed by atoms with Crippen LogP contribution in [0.15, 0.2) is 4.99 Å². The highest BCUT2D eigenvalue weighted by Gasteiger charge is 2.50. The van der Waals surface area contributed by atoms with Crippen LogP contribution >= 0.6 is 11.8 Å². The quantitative estimate of drug-likeness (QED) is 0.774. The second-order valence-corrected chi connectivity index (χ2v) is 5.72. The van der Waals surface area contributed by atoms with E-state index in [1.807, 2.05) is 16.7 Å². The minimum atomic E-state index is -0.258. The number of rotatable bonds is 2. The fourth-order valence-corrected chi connectivity index (χ4v) is 3.59. The number of amidine groups is 1. The van der Waals surface area contributed by atoms with Crippen molar-refractivity contribution >= 4 is 23.6 Å². The lowest BCUT2D eigenvalue weighted by Crippen LogP contribution is -2.55. The third-order valence-corrected chi connectivity index (χ3v) is 4.16. The molecule has 1 fully saturated rings. The van der Waals surface area contributed by atoms with E-state index in [4.69, 9.17) is 5.73 Å². The molecule has 0 aromatic heterocycles. The number of aliphatic imine (C=N–C) groups is 1. The summed E-state index contributed by atoms with van der Waals surface area (Å²) in [6.07, 6.45) is 0.950. The van der Waals surface area contributed by atoms with Gasteiger partial charge in [-0.1, -0.05) is 13.8 Å². The van der Waals surface area contributed by atoms with Gasteiger partial charge in [-0.05, 0) is 18.1 Å². The van der Waals surface area contributed by atoms with Crippen molar-refractivity contribution in [1.29, 1.82) is 0 Å².